The normalized spacial score (nSPS) is 34.6. The van der Waals surface area contributed by atoms with Gasteiger partial charge in [-0.15, -0.1) is 0 Å². The molecule has 2 fully saturated rings. The third-order valence-electron chi connectivity index (χ3n) is 3.59. The molecule has 0 aromatic carbocycles. The van der Waals surface area contributed by atoms with Crippen LogP contribution in [0.4, 0.5) is 0 Å². The van der Waals surface area contributed by atoms with E-state index in [1.54, 1.807) is 0 Å². The van der Waals surface area contributed by atoms with Gasteiger partial charge in [0.1, 0.15) is 0 Å². The van der Waals surface area contributed by atoms with Gasteiger partial charge in [0.2, 0.25) is 5.91 Å². The van der Waals surface area contributed by atoms with E-state index >= 15 is 0 Å². The van der Waals surface area contributed by atoms with Crippen molar-refractivity contribution in [1.29, 1.82) is 0 Å². The summed E-state index contributed by atoms with van der Waals surface area (Å²) in [5.41, 5.74) is 0. The third kappa shape index (κ3) is 3.07. The molecule has 0 radical (unpaired) electrons. The molecule has 1 amide bonds. The highest BCUT2D eigenvalue weighted by Crippen LogP contribution is 2.21. The van der Waals surface area contributed by atoms with Crippen molar-refractivity contribution in [2.75, 3.05) is 18.2 Å². The van der Waals surface area contributed by atoms with Crippen molar-refractivity contribution in [2.45, 2.75) is 45.2 Å². The SMILES string of the molecule is CC(C)CC1NCN(C2CCS(=O)CC2)C1=O. The summed E-state index contributed by atoms with van der Waals surface area (Å²) in [6.07, 6.45) is 2.71. The summed E-state index contributed by atoms with van der Waals surface area (Å²) in [6.45, 7) is 4.95. The van der Waals surface area contributed by atoms with E-state index in [1.165, 1.54) is 0 Å². The fourth-order valence-corrected chi connectivity index (χ4v) is 3.91. The molecule has 2 saturated heterocycles. The van der Waals surface area contributed by atoms with Gasteiger partial charge in [-0.3, -0.25) is 14.3 Å². The lowest BCUT2D eigenvalue weighted by Crippen LogP contribution is -2.42. The highest BCUT2D eigenvalue weighted by molar-refractivity contribution is 7.85. The first kappa shape index (κ1) is 13.0. The Labute approximate surface area is 106 Å². The van der Waals surface area contributed by atoms with Gasteiger partial charge in [-0.05, 0) is 25.2 Å². The van der Waals surface area contributed by atoms with Gasteiger partial charge in [0.25, 0.3) is 0 Å². The Morgan fingerprint density at radius 2 is 2.06 bits per heavy atom. The maximum absolute atomic E-state index is 12.2. The maximum Gasteiger partial charge on any atom is 0.241 e. The molecular formula is C12H22N2O2S. The van der Waals surface area contributed by atoms with Crippen LogP contribution in [0.25, 0.3) is 0 Å². The number of nitrogens with zero attached hydrogens (tertiary/aromatic N) is 1. The average Bonchev–Trinajstić information content (AvgIpc) is 2.61. The Morgan fingerprint density at radius 1 is 1.41 bits per heavy atom. The molecular weight excluding hydrogens is 236 g/mol. The molecule has 1 N–H and O–H groups in total. The lowest BCUT2D eigenvalue weighted by molar-refractivity contribution is -0.131. The van der Waals surface area contributed by atoms with Crippen LogP contribution in [-0.2, 0) is 15.6 Å². The molecule has 2 aliphatic rings. The van der Waals surface area contributed by atoms with Crippen molar-refractivity contribution in [1.82, 2.24) is 10.2 Å². The predicted octanol–water partition coefficient (Wildman–Crippen LogP) is 0.702. The Kier molecular flexibility index (Phi) is 4.20. The molecule has 2 rings (SSSR count). The van der Waals surface area contributed by atoms with Gasteiger partial charge in [0, 0.05) is 28.3 Å². The number of rotatable bonds is 3. The smallest absolute Gasteiger partial charge is 0.241 e. The minimum atomic E-state index is -0.648. The summed E-state index contributed by atoms with van der Waals surface area (Å²) in [5, 5.41) is 3.30. The van der Waals surface area contributed by atoms with Gasteiger partial charge in [0.15, 0.2) is 0 Å². The van der Waals surface area contributed by atoms with Gasteiger partial charge >= 0.3 is 0 Å². The van der Waals surface area contributed by atoms with Crippen molar-refractivity contribution in [3.8, 4) is 0 Å². The zero-order valence-corrected chi connectivity index (χ0v) is 11.5. The Morgan fingerprint density at radius 3 is 2.65 bits per heavy atom. The van der Waals surface area contributed by atoms with Gasteiger partial charge in [-0.25, -0.2) is 0 Å². The third-order valence-corrected chi connectivity index (χ3v) is 4.98. The number of hydrogen-bond acceptors (Lipinski definition) is 3. The fraction of sp³-hybridized carbons (Fsp3) is 0.917. The molecule has 0 spiro atoms. The average molecular weight is 258 g/mol. The number of carbonyl (C=O) groups is 1. The Balaban J connectivity index is 1.91. The maximum atomic E-state index is 12.2. The van der Waals surface area contributed by atoms with E-state index < -0.39 is 10.8 Å². The van der Waals surface area contributed by atoms with Crippen LogP contribution in [0.3, 0.4) is 0 Å². The molecule has 1 unspecified atom stereocenters. The fourth-order valence-electron chi connectivity index (χ4n) is 2.63. The van der Waals surface area contributed by atoms with E-state index in [9.17, 15) is 9.00 Å². The van der Waals surface area contributed by atoms with Crippen LogP contribution in [0.5, 0.6) is 0 Å². The first-order chi connectivity index (χ1) is 8.08. The molecule has 17 heavy (non-hydrogen) atoms. The molecule has 2 heterocycles. The van der Waals surface area contributed by atoms with Crippen LogP contribution in [0.1, 0.15) is 33.1 Å². The zero-order chi connectivity index (χ0) is 12.4. The molecule has 0 aromatic rings. The summed E-state index contributed by atoms with van der Waals surface area (Å²) in [4.78, 5) is 14.2. The topological polar surface area (TPSA) is 49.4 Å². The summed E-state index contributed by atoms with van der Waals surface area (Å²) in [6, 6.07) is 0.312. The molecule has 5 heteroatoms. The summed E-state index contributed by atoms with van der Waals surface area (Å²) >= 11 is 0. The van der Waals surface area contributed by atoms with Crippen LogP contribution >= 0.6 is 0 Å². The second-order valence-electron chi connectivity index (χ2n) is 5.43. The van der Waals surface area contributed by atoms with Crippen LogP contribution < -0.4 is 5.32 Å². The monoisotopic (exact) mass is 258 g/mol. The lowest BCUT2D eigenvalue weighted by atomic mass is 10.0. The van der Waals surface area contributed by atoms with Gasteiger partial charge in [-0.2, -0.15) is 0 Å². The van der Waals surface area contributed by atoms with E-state index in [0.29, 0.717) is 18.6 Å². The highest BCUT2D eigenvalue weighted by atomic mass is 32.2. The van der Waals surface area contributed by atoms with Crippen molar-refractivity contribution in [2.24, 2.45) is 5.92 Å². The van der Waals surface area contributed by atoms with Gasteiger partial charge in [-0.1, -0.05) is 13.8 Å². The van der Waals surface area contributed by atoms with E-state index in [1.807, 2.05) is 4.90 Å². The van der Waals surface area contributed by atoms with Crippen molar-refractivity contribution in [3.05, 3.63) is 0 Å². The van der Waals surface area contributed by atoms with Gasteiger partial charge in [0.05, 0.1) is 12.7 Å². The van der Waals surface area contributed by atoms with E-state index in [2.05, 4.69) is 19.2 Å². The number of nitrogens with one attached hydrogen (secondary N) is 1. The van der Waals surface area contributed by atoms with Crippen LogP contribution in [0.2, 0.25) is 0 Å². The molecule has 98 valence electrons. The summed E-state index contributed by atoms with van der Waals surface area (Å²) in [5.74, 6) is 2.29. The molecule has 0 saturated carbocycles. The second kappa shape index (κ2) is 5.48. The predicted molar refractivity (Wildman–Crippen MR) is 69.0 cm³/mol. The molecule has 0 aromatic heterocycles. The molecule has 1 atom stereocenters. The second-order valence-corrected chi connectivity index (χ2v) is 7.13. The Hall–Kier alpha value is -0.420. The molecule has 0 aliphatic carbocycles. The molecule has 0 bridgehead atoms. The van der Waals surface area contributed by atoms with E-state index in [0.717, 1.165) is 30.8 Å². The number of carbonyl (C=O) groups excluding carboxylic acids is 1. The van der Waals surface area contributed by atoms with Crippen molar-refractivity contribution in [3.63, 3.8) is 0 Å². The van der Waals surface area contributed by atoms with Crippen LogP contribution in [-0.4, -0.2) is 45.3 Å². The largest absolute Gasteiger partial charge is 0.326 e. The standard InChI is InChI=1S/C12H22N2O2S/c1-9(2)7-11-12(15)14(8-13-11)10-3-5-17(16)6-4-10/h9-11,13H,3-8H2,1-2H3. The van der Waals surface area contributed by atoms with Gasteiger partial charge < -0.3 is 4.90 Å². The summed E-state index contributed by atoms with van der Waals surface area (Å²) in [7, 11) is -0.648. The van der Waals surface area contributed by atoms with Crippen molar-refractivity contribution < 1.29 is 9.00 Å². The first-order valence-corrected chi connectivity index (χ1v) is 7.95. The first-order valence-electron chi connectivity index (χ1n) is 6.46. The minimum Gasteiger partial charge on any atom is -0.326 e. The number of hydrogen-bond donors (Lipinski definition) is 1. The van der Waals surface area contributed by atoms with Crippen molar-refractivity contribution >= 4 is 16.7 Å². The van der Waals surface area contributed by atoms with Crippen LogP contribution in [0.15, 0.2) is 0 Å². The lowest BCUT2D eigenvalue weighted by Gasteiger charge is -2.30. The Bertz CT molecular complexity index is 310. The van der Waals surface area contributed by atoms with E-state index in [4.69, 9.17) is 0 Å². The summed E-state index contributed by atoms with van der Waals surface area (Å²) < 4.78 is 11.3. The molecule has 4 nitrogen and oxygen atoms in total. The minimum absolute atomic E-state index is 0.00224. The zero-order valence-electron chi connectivity index (χ0n) is 10.6. The molecule has 2 aliphatic heterocycles. The highest BCUT2D eigenvalue weighted by Gasteiger charge is 2.36. The number of amides is 1. The van der Waals surface area contributed by atoms with E-state index in [-0.39, 0.29) is 11.9 Å². The van der Waals surface area contributed by atoms with Crippen LogP contribution in [0, 0.1) is 5.92 Å². The quantitative estimate of drug-likeness (QED) is 0.811.